The van der Waals surface area contributed by atoms with Crippen molar-refractivity contribution in [3.8, 4) is 11.1 Å². The first-order valence-corrected chi connectivity index (χ1v) is 10.8. The van der Waals surface area contributed by atoms with Gasteiger partial charge in [-0.15, -0.1) is 0 Å². The molecule has 0 spiro atoms. The van der Waals surface area contributed by atoms with Crippen molar-refractivity contribution in [2.45, 2.75) is 24.9 Å². The smallest absolute Gasteiger partial charge is 0.407 e. The fourth-order valence-corrected chi connectivity index (χ4v) is 4.02. The van der Waals surface area contributed by atoms with E-state index in [0.717, 1.165) is 22.3 Å². The minimum absolute atomic E-state index is 0.0110. The van der Waals surface area contributed by atoms with Crippen LogP contribution >= 0.6 is 0 Å². The van der Waals surface area contributed by atoms with Gasteiger partial charge in [0.1, 0.15) is 18.4 Å². The van der Waals surface area contributed by atoms with E-state index in [-0.39, 0.29) is 37.9 Å². The lowest BCUT2D eigenvalue weighted by Gasteiger charge is -2.14. The number of furan rings is 1. The lowest BCUT2D eigenvalue weighted by atomic mass is 9.98. The second-order valence-corrected chi connectivity index (χ2v) is 7.82. The molecule has 3 aromatic rings. The van der Waals surface area contributed by atoms with Crippen LogP contribution in [0.1, 0.15) is 39.8 Å². The lowest BCUT2D eigenvalue weighted by molar-refractivity contribution is -0.139. The van der Waals surface area contributed by atoms with Crippen LogP contribution in [0.4, 0.5) is 4.79 Å². The van der Waals surface area contributed by atoms with Gasteiger partial charge in [-0.2, -0.15) is 0 Å². The Morgan fingerprint density at radius 1 is 0.971 bits per heavy atom. The Bertz CT molecular complexity index is 1160. The SMILES string of the molecule is O=C(NCc1ccc(C(=O)N[C@H](CCO)C(=O)O)o1)OCC1c2ccccc2-c2ccccc21. The van der Waals surface area contributed by atoms with Crippen molar-refractivity contribution >= 4 is 18.0 Å². The van der Waals surface area contributed by atoms with Crippen molar-refractivity contribution in [1.29, 1.82) is 0 Å². The van der Waals surface area contributed by atoms with E-state index in [9.17, 15) is 14.4 Å². The summed E-state index contributed by atoms with van der Waals surface area (Å²) in [6.45, 7) is -0.221. The number of carboxylic acids is 1. The van der Waals surface area contributed by atoms with Crippen LogP contribution in [0.5, 0.6) is 0 Å². The maximum atomic E-state index is 12.3. The molecule has 1 atom stereocenters. The fraction of sp³-hybridized carbons (Fsp3) is 0.240. The van der Waals surface area contributed by atoms with Gasteiger partial charge in [-0.25, -0.2) is 9.59 Å². The first-order chi connectivity index (χ1) is 16.5. The summed E-state index contributed by atoms with van der Waals surface area (Å²) in [6, 6.07) is 17.7. The number of fused-ring (bicyclic) bond motifs is 3. The van der Waals surface area contributed by atoms with Gasteiger partial charge in [0.05, 0.1) is 6.54 Å². The van der Waals surface area contributed by atoms with Crippen molar-refractivity contribution in [1.82, 2.24) is 10.6 Å². The van der Waals surface area contributed by atoms with E-state index in [4.69, 9.17) is 19.4 Å². The summed E-state index contributed by atoms with van der Waals surface area (Å²) in [6.07, 6.45) is -0.754. The van der Waals surface area contributed by atoms with Crippen LogP contribution < -0.4 is 10.6 Å². The third kappa shape index (κ3) is 4.94. The van der Waals surface area contributed by atoms with Crippen molar-refractivity contribution in [3.05, 3.63) is 83.3 Å². The Kier molecular flexibility index (Phi) is 6.93. The second-order valence-electron chi connectivity index (χ2n) is 7.82. The molecule has 34 heavy (non-hydrogen) atoms. The first kappa shape index (κ1) is 23.1. The molecule has 0 aliphatic heterocycles. The third-order valence-corrected chi connectivity index (χ3v) is 5.66. The summed E-state index contributed by atoms with van der Waals surface area (Å²) in [5.74, 6) is -1.85. The molecule has 1 aliphatic carbocycles. The second kappa shape index (κ2) is 10.2. The summed E-state index contributed by atoms with van der Waals surface area (Å²) in [5.41, 5.74) is 4.49. The standard InChI is InChI=1S/C25H24N2O7/c28-12-11-21(24(30)31)27-23(29)22-10-9-15(34-22)13-26-25(32)33-14-20-18-7-3-1-5-16(18)17-6-2-4-8-19(17)20/h1-10,20-21,28H,11-14H2,(H,26,32)(H,27,29)(H,30,31)/t21-/m1/s1. The van der Waals surface area contributed by atoms with E-state index in [1.165, 1.54) is 12.1 Å². The van der Waals surface area contributed by atoms with Crippen LogP contribution in [0.25, 0.3) is 11.1 Å². The van der Waals surface area contributed by atoms with Gasteiger partial charge in [-0.1, -0.05) is 48.5 Å². The zero-order chi connectivity index (χ0) is 24.1. The Labute approximate surface area is 195 Å². The van der Waals surface area contributed by atoms with E-state index in [2.05, 4.69) is 22.8 Å². The molecule has 0 unspecified atom stereocenters. The van der Waals surface area contributed by atoms with Crippen LogP contribution in [0.15, 0.2) is 65.1 Å². The predicted octanol–water partition coefficient (Wildman–Crippen LogP) is 2.88. The molecule has 2 amide bonds. The van der Waals surface area contributed by atoms with Crippen molar-refractivity contribution in [2.24, 2.45) is 0 Å². The monoisotopic (exact) mass is 464 g/mol. The molecule has 4 N–H and O–H groups in total. The molecular formula is C25H24N2O7. The van der Waals surface area contributed by atoms with E-state index >= 15 is 0 Å². The molecule has 0 radical (unpaired) electrons. The largest absolute Gasteiger partial charge is 0.480 e. The molecule has 9 nitrogen and oxygen atoms in total. The zero-order valence-electron chi connectivity index (χ0n) is 18.2. The molecule has 0 bridgehead atoms. The van der Waals surface area contributed by atoms with Gasteiger partial charge in [0, 0.05) is 18.9 Å². The van der Waals surface area contributed by atoms with Gasteiger partial charge in [0.2, 0.25) is 0 Å². The van der Waals surface area contributed by atoms with Gasteiger partial charge in [0.25, 0.3) is 5.91 Å². The van der Waals surface area contributed by atoms with Crippen LogP contribution in [-0.4, -0.2) is 47.4 Å². The van der Waals surface area contributed by atoms with Gasteiger partial charge < -0.3 is 30.0 Å². The normalized spacial score (nSPS) is 13.0. The Hall–Kier alpha value is -4.11. The maximum absolute atomic E-state index is 12.3. The molecule has 4 rings (SSSR count). The molecule has 1 aromatic heterocycles. The number of carboxylic acid groups (broad SMARTS) is 1. The van der Waals surface area contributed by atoms with Gasteiger partial charge in [-0.05, 0) is 34.4 Å². The number of rotatable bonds is 9. The Morgan fingerprint density at radius 3 is 2.24 bits per heavy atom. The number of ether oxygens (including phenoxy) is 1. The highest BCUT2D eigenvalue weighted by Gasteiger charge is 2.29. The molecule has 1 heterocycles. The number of amides is 2. The number of alkyl carbamates (subject to hydrolysis) is 1. The zero-order valence-corrected chi connectivity index (χ0v) is 18.2. The number of hydrogen-bond donors (Lipinski definition) is 4. The average molecular weight is 464 g/mol. The van der Waals surface area contributed by atoms with Gasteiger partial charge in [-0.3, -0.25) is 4.79 Å². The molecule has 0 saturated carbocycles. The minimum atomic E-state index is -1.26. The number of carbonyl (C=O) groups excluding carboxylic acids is 2. The number of hydrogen-bond acceptors (Lipinski definition) is 6. The molecule has 0 fully saturated rings. The number of aliphatic carboxylic acids is 1. The molecule has 176 valence electrons. The summed E-state index contributed by atoms with van der Waals surface area (Å²) in [7, 11) is 0. The van der Waals surface area contributed by atoms with Gasteiger partial charge in [0.15, 0.2) is 5.76 Å². The van der Waals surface area contributed by atoms with Crippen LogP contribution in [0.2, 0.25) is 0 Å². The van der Waals surface area contributed by atoms with Crippen LogP contribution in [-0.2, 0) is 16.1 Å². The highest BCUT2D eigenvalue weighted by atomic mass is 16.5. The van der Waals surface area contributed by atoms with E-state index in [1.54, 1.807) is 0 Å². The number of aliphatic hydroxyl groups excluding tert-OH is 1. The lowest BCUT2D eigenvalue weighted by Crippen LogP contribution is -2.41. The highest BCUT2D eigenvalue weighted by Crippen LogP contribution is 2.44. The Balaban J connectivity index is 1.30. The van der Waals surface area contributed by atoms with Crippen molar-refractivity contribution in [3.63, 3.8) is 0 Å². The summed E-state index contributed by atoms with van der Waals surface area (Å²) < 4.78 is 10.8. The summed E-state index contributed by atoms with van der Waals surface area (Å²) in [5, 5.41) is 22.8. The number of carbonyl (C=O) groups is 3. The number of aliphatic hydroxyl groups is 1. The first-order valence-electron chi connectivity index (χ1n) is 10.8. The van der Waals surface area contributed by atoms with E-state index in [1.807, 2.05) is 36.4 Å². The maximum Gasteiger partial charge on any atom is 0.407 e. The van der Waals surface area contributed by atoms with Crippen LogP contribution in [0.3, 0.4) is 0 Å². The quantitative estimate of drug-likeness (QED) is 0.382. The summed E-state index contributed by atoms with van der Waals surface area (Å²) >= 11 is 0. The fourth-order valence-electron chi connectivity index (χ4n) is 4.02. The van der Waals surface area contributed by atoms with Crippen LogP contribution in [0, 0.1) is 0 Å². The molecule has 1 aliphatic rings. The Morgan fingerprint density at radius 2 is 1.62 bits per heavy atom. The van der Waals surface area contributed by atoms with Crippen molar-refractivity contribution < 1.29 is 33.8 Å². The molecule has 9 heteroatoms. The molecular weight excluding hydrogens is 440 g/mol. The minimum Gasteiger partial charge on any atom is -0.480 e. The number of nitrogens with one attached hydrogen (secondary N) is 2. The summed E-state index contributed by atoms with van der Waals surface area (Å²) in [4.78, 5) is 35.6. The highest BCUT2D eigenvalue weighted by molar-refractivity contribution is 5.94. The number of benzene rings is 2. The predicted molar refractivity (Wildman–Crippen MR) is 121 cm³/mol. The topological polar surface area (TPSA) is 138 Å². The van der Waals surface area contributed by atoms with Gasteiger partial charge >= 0.3 is 12.1 Å². The van der Waals surface area contributed by atoms with E-state index in [0.29, 0.717) is 5.76 Å². The van der Waals surface area contributed by atoms with E-state index < -0.39 is 24.0 Å². The average Bonchev–Trinajstić information content (AvgIpc) is 3.44. The molecule has 2 aromatic carbocycles. The molecule has 0 saturated heterocycles. The third-order valence-electron chi connectivity index (χ3n) is 5.66. The van der Waals surface area contributed by atoms with Crippen molar-refractivity contribution in [2.75, 3.05) is 13.2 Å².